The number of likely N-dealkylation sites (tertiary alicyclic amines) is 1. The highest BCUT2D eigenvalue weighted by atomic mass is 16.1. The second kappa shape index (κ2) is 5.04. The van der Waals surface area contributed by atoms with E-state index in [2.05, 4.69) is 52.7 Å². The number of nitrogens with two attached hydrogens (primary N) is 1. The summed E-state index contributed by atoms with van der Waals surface area (Å²) in [5, 5.41) is 6.12. The van der Waals surface area contributed by atoms with E-state index in [0.29, 0.717) is 11.8 Å². The molecule has 0 radical (unpaired) electrons. The van der Waals surface area contributed by atoms with Gasteiger partial charge in [-0.15, -0.1) is 0 Å². The smallest absolute Gasteiger partial charge is 0.239 e. The predicted octanol–water partition coefficient (Wildman–Crippen LogP) is 1.88. The van der Waals surface area contributed by atoms with E-state index in [9.17, 15) is 4.79 Å². The Labute approximate surface area is 142 Å². The number of nitrogens with zero attached hydrogens (tertiary/aromatic N) is 1. The number of carbonyl (C=O) groups excluding carboxylic acids is 1. The molecule has 4 aliphatic rings. The maximum Gasteiger partial charge on any atom is 0.239 e. The second-order valence-electron chi connectivity index (χ2n) is 7.73. The van der Waals surface area contributed by atoms with Crippen LogP contribution in [0, 0.1) is 11.8 Å². The van der Waals surface area contributed by atoms with E-state index in [1.165, 1.54) is 16.3 Å². The number of nitrogens with one attached hydrogen (secondary N) is 1. The Kier molecular flexibility index (Phi) is 3.03. The Morgan fingerprint density at radius 1 is 1.21 bits per heavy atom. The quantitative estimate of drug-likeness (QED) is 0.907. The van der Waals surface area contributed by atoms with Crippen LogP contribution in [0.25, 0.3) is 10.8 Å². The summed E-state index contributed by atoms with van der Waals surface area (Å²) in [5.74, 6) is 0.900. The number of carbonyl (C=O) groups is 1. The van der Waals surface area contributed by atoms with Crippen molar-refractivity contribution in [2.45, 2.75) is 31.0 Å². The molecule has 4 atom stereocenters. The van der Waals surface area contributed by atoms with Crippen LogP contribution in [0.4, 0.5) is 0 Å². The highest BCUT2D eigenvalue weighted by Gasteiger charge is 2.63. The fourth-order valence-corrected chi connectivity index (χ4v) is 5.54. The topological polar surface area (TPSA) is 58.4 Å². The first-order valence-corrected chi connectivity index (χ1v) is 8.94. The van der Waals surface area contributed by atoms with Crippen molar-refractivity contribution in [2.24, 2.45) is 17.6 Å². The zero-order valence-corrected chi connectivity index (χ0v) is 13.7. The molecule has 24 heavy (non-hydrogen) atoms. The summed E-state index contributed by atoms with van der Waals surface area (Å²) >= 11 is 0. The zero-order valence-electron chi connectivity index (χ0n) is 13.7. The molecule has 1 amide bonds. The van der Waals surface area contributed by atoms with Gasteiger partial charge in [-0.25, -0.2) is 0 Å². The van der Waals surface area contributed by atoms with Gasteiger partial charge in [-0.2, -0.15) is 0 Å². The molecule has 2 aromatic carbocycles. The lowest BCUT2D eigenvalue weighted by Crippen LogP contribution is -2.72. The number of amides is 1. The molecule has 0 spiro atoms. The van der Waals surface area contributed by atoms with E-state index < -0.39 is 5.54 Å². The number of piperidine rings is 2. The van der Waals surface area contributed by atoms with Crippen molar-refractivity contribution in [3.05, 3.63) is 48.0 Å². The maximum absolute atomic E-state index is 12.3. The number of rotatable bonds is 3. The zero-order chi connectivity index (χ0) is 16.3. The van der Waals surface area contributed by atoms with Gasteiger partial charge < -0.3 is 11.1 Å². The van der Waals surface area contributed by atoms with E-state index in [1.54, 1.807) is 0 Å². The Bertz CT molecular complexity index is 814. The normalized spacial score (nSPS) is 34.8. The number of fused-ring (bicyclic) bond motifs is 2. The van der Waals surface area contributed by atoms with E-state index in [-0.39, 0.29) is 11.9 Å². The van der Waals surface area contributed by atoms with Gasteiger partial charge in [0.15, 0.2) is 0 Å². The van der Waals surface area contributed by atoms with Gasteiger partial charge >= 0.3 is 0 Å². The molecule has 4 fully saturated rings. The number of primary amides is 1. The van der Waals surface area contributed by atoms with Crippen LogP contribution in [0.5, 0.6) is 0 Å². The van der Waals surface area contributed by atoms with Gasteiger partial charge in [-0.1, -0.05) is 42.5 Å². The molecule has 124 valence electrons. The summed E-state index contributed by atoms with van der Waals surface area (Å²) in [4.78, 5) is 14.8. The second-order valence-corrected chi connectivity index (χ2v) is 7.73. The molecule has 6 rings (SSSR count). The Morgan fingerprint density at radius 3 is 2.88 bits per heavy atom. The minimum absolute atomic E-state index is 0.156. The summed E-state index contributed by atoms with van der Waals surface area (Å²) in [6.45, 7) is 2.81. The SMILES string of the molecule is NC(=O)C12NCC3CC1CN(Cc1cccc4ccccc14)C2C3. The monoisotopic (exact) mass is 321 g/mol. The molecular formula is C20H23N3O. The van der Waals surface area contributed by atoms with Gasteiger partial charge in [0.25, 0.3) is 0 Å². The van der Waals surface area contributed by atoms with Crippen LogP contribution in [0.1, 0.15) is 18.4 Å². The molecule has 3 aliphatic heterocycles. The van der Waals surface area contributed by atoms with Gasteiger partial charge in [-0.05, 0) is 41.6 Å². The lowest BCUT2D eigenvalue weighted by atomic mass is 9.64. The molecule has 4 nitrogen and oxygen atoms in total. The van der Waals surface area contributed by atoms with Crippen LogP contribution >= 0.6 is 0 Å². The first kappa shape index (κ1) is 14.4. The van der Waals surface area contributed by atoms with E-state index in [1.807, 2.05) is 0 Å². The lowest BCUT2D eigenvalue weighted by Gasteiger charge is -2.51. The Morgan fingerprint density at radius 2 is 2.04 bits per heavy atom. The highest BCUT2D eigenvalue weighted by Crippen LogP contribution is 2.49. The minimum Gasteiger partial charge on any atom is -0.368 e. The third kappa shape index (κ3) is 1.84. The van der Waals surface area contributed by atoms with Crippen LogP contribution < -0.4 is 11.1 Å². The van der Waals surface area contributed by atoms with Crippen molar-refractivity contribution >= 4 is 16.7 Å². The summed E-state index contributed by atoms with van der Waals surface area (Å²) < 4.78 is 0. The molecule has 1 saturated carbocycles. The van der Waals surface area contributed by atoms with Gasteiger partial charge in [0.1, 0.15) is 5.54 Å². The third-order valence-corrected chi connectivity index (χ3v) is 6.58. The van der Waals surface area contributed by atoms with Crippen LogP contribution in [-0.4, -0.2) is 35.5 Å². The Hall–Kier alpha value is -1.91. The maximum atomic E-state index is 12.3. The van der Waals surface area contributed by atoms with Crippen LogP contribution in [0.15, 0.2) is 42.5 Å². The molecule has 1 aliphatic carbocycles. The molecule has 4 bridgehead atoms. The van der Waals surface area contributed by atoms with Gasteiger partial charge in [0.05, 0.1) is 0 Å². The molecule has 2 aromatic rings. The number of hydrogen-bond donors (Lipinski definition) is 2. The fourth-order valence-electron chi connectivity index (χ4n) is 5.54. The molecule has 3 heterocycles. The summed E-state index contributed by atoms with van der Waals surface area (Å²) in [6.07, 6.45) is 2.23. The van der Waals surface area contributed by atoms with Crippen molar-refractivity contribution in [1.29, 1.82) is 0 Å². The third-order valence-electron chi connectivity index (χ3n) is 6.58. The lowest BCUT2D eigenvalue weighted by molar-refractivity contribution is -0.131. The van der Waals surface area contributed by atoms with Crippen molar-refractivity contribution in [2.75, 3.05) is 13.1 Å². The van der Waals surface area contributed by atoms with E-state index in [0.717, 1.165) is 32.5 Å². The summed E-state index contributed by atoms with van der Waals surface area (Å²) in [6, 6.07) is 15.3. The van der Waals surface area contributed by atoms with Gasteiger partial charge in [0.2, 0.25) is 5.91 Å². The van der Waals surface area contributed by atoms with E-state index in [4.69, 9.17) is 5.73 Å². The average molecular weight is 321 g/mol. The van der Waals surface area contributed by atoms with Crippen LogP contribution in [-0.2, 0) is 11.3 Å². The van der Waals surface area contributed by atoms with Gasteiger partial charge in [0, 0.05) is 25.0 Å². The fraction of sp³-hybridized carbons (Fsp3) is 0.450. The summed E-state index contributed by atoms with van der Waals surface area (Å²) in [5.41, 5.74) is 6.72. The van der Waals surface area contributed by atoms with Crippen molar-refractivity contribution in [3.8, 4) is 0 Å². The molecular weight excluding hydrogens is 298 g/mol. The van der Waals surface area contributed by atoms with Gasteiger partial charge in [-0.3, -0.25) is 9.69 Å². The van der Waals surface area contributed by atoms with Crippen molar-refractivity contribution < 1.29 is 4.79 Å². The van der Waals surface area contributed by atoms with Crippen molar-refractivity contribution in [3.63, 3.8) is 0 Å². The Balaban J connectivity index is 1.51. The largest absolute Gasteiger partial charge is 0.368 e. The van der Waals surface area contributed by atoms with Crippen LogP contribution in [0.2, 0.25) is 0 Å². The minimum atomic E-state index is -0.501. The number of benzene rings is 2. The number of hydrogen-bond acceptors (Lipinski definition) is 3. The van der Waals surface area contributed by atoms with Crippen molar-refractivity contribution in [1.82, 2.24) is 10.2 Å². The average Bonchev–Trinajstić information content (AvgIpc) is 2.82. The molecule has 4 heteroatoms. The summed E-state index contributed by atoms with van der Waals surface area (Å²) in [7, 11) is 0. The predicted molar refractivity (Wildman–Crippen MR) is 94.3 cm³/mol. The highest BCUT2D eigenvalue weighted by molar-refractivity contribution is 5.88. The first-order valence-electron chi connectivity index (χ1n) is 8.94. The van der Waals surface area contributed by atoms with E-state index >= 15 is 0 Å². The van der Waals surface area contributed by atoms with Crippen LogP contribution in [0.3, 0.4) is 0 Å². The first-order chi connectivity index (χ1) is 11.7. The standard InChI is InChI=1S/C20H23N3O/c21-19(24)20-16-8-13(10-22-20)9-18(20)23(12-16)11-15-6-3-5-14-4-1-2-7-17(14)15/h1-7,13,16,18,22H,8-12H2,(H2,21,24). The molecule has 3 saturated heterocycles. The molecule has 4 unspecified atom stereocenters. The molecule has 0 aromatic heterocycles. The molecule has 3 N–H and O–H groups in total.